The van der Waals surface area contributed by atoms with Gasteiger partial charge in [-0.2, -0.15) is 5.10 Å². The summed E-state index contributed by atoms with van der Waals surface area (Å²) < 4.78 is 42.8. The van der Waals surface area contributed by atoms with Crippen LogP contribution in [-0.4, -0.2) is 188 Å². The molecule has 1 saturated heterocycles. The molecule has 0 spiro atoms. The molecule has 2 aromatic heterocycles. The number of primary amides is 1. The third kappa shape index (κ3) is 23.5. The molecule has 602 valence electrons. The average molecular weight is 1600 g/mol. The van der Waals surface area contributed by atoms with Crippen LogP contribution in [0.25, 0.3) is 44.8 Å². The molecule has 6 atom stereocenters. The van der Waals surface area contributed by atoms with Gasteiger partial charge in [-0.3, -0.25) is 24.1 Å². The molecule has 9 aromatic rings. The summed E-state index contributed by atoms with van der Waals surface area (Å²) in [5, 5.41) is 75.8. The number of nitrogens with two attached hydrogens (primary N) is 1. The molecule has 23 nitrogen and oxygen atoms in total. The molecule has 0 saturated carbocycles. The summed E-state index contributed by atoms with van der Waals surface area (Å²) in [6.07, 6.45) is 1.78. The number of hydrogen-bond acceptors (Lipinski definition) is 16. The summed E-state index contributed by atoms with van der Waals surface area (Å²) in [6, 6.07) is 55.2. The van der Waals surface area contributed by atoms with Crippen LogP contribution >= 0.6 is 0 Å². The molecule has 7 aromatic carbocycles. The maximum absolute atomic E-state index is 14.0. The number of nitrogens with zero attached hydrogens (tertiary/aromatic N) is 5. The molecular formula is C89H100CaF2N8O15. The summed E-state index contributed by atoms with van der Waals surface area (Å²) in [7, 11) is 3.23. The number of carboxylic acids is 2. The Kier molecular flexibility index (Phi) is 33.8. The number of benzene rings is 7. The third-order valence-electron chi connectivity index (χ3n) is 20.3. The molecule has 115 heavy (non-hydrogen) atoms. The van der Waals surface area contributed by atoms with Crippen LogP contribution in [0.1, 0.15) is 141 Å². The van der Waals surface area contributed by atoms with Gasteiger partial charge in [-0.1, -0.05) is 137 Å². The molecule has 0 radical (unpaired) electrons. The molecule has 0 bridgehead atoms. The van der Waals surface area contributed by atoms with E-state index >= 15 is 0 Å². The SMILES string of the molecule is CC(C)c1c(C(=O)Nc2ccccc2)c(-c2ccccc2)c(-c2ccc(F)cc2)n1CC[C@@H](O)C[C@@H](O)CC(=O)[O-].CC(C)c1c(C(=O)Nc2ccccc2)c(-c2ccccc2)c(-c2ccc(F)cc2)n1CC[C@@H](O)C[C@@H](O)CC(=O)[O-].COc1ccc(C2=NN(C3CCN(CC(N)=O)CC3)C(=O)[C@@H]3CC=CC[C@H]23)cc1OC.O.[Ca+2]. The summed E-state index contributed by atoms with van der Waals surface area (Å²) in [6.45, 7) is 10.2. The van der Waals surface area contributed by atoms with Crippen molar-refractivity contribution in [1.82, 2.24) is 19.0 Å². The number of aliphatic hydroxyl groups excluding tert-OH is 4. The number of aliphatic hydroxyl groups is 4. The van der Waals surface area contributed by atoms with Crippen LogP contribution in [0.4, 0.5) is 20.2 Å². The van der Waals surface area contributed by atoms with Crippen molar-refractivity contribution < 1.29 is 83.1 Å². The predicted octanol–water partition coefficient (Wildman–Crippen LogP) is 10.5. The fraction of sp³-hybridized carbons (Fsp3) is 0.337. The number of likely N-dealkylation sites (tertiary alicyclic amines) is 1. The molecular weight excluding hydrogens is 1500 g/mol. The number of carbonyl (C=O) groups is 6. The van der Waals surface area contributed by atoms with E-state index in [0.29, 0.717) is 67.6 Å². The van der Waals surface area contributed by atoms with E-state index < -0.39 is 60.8 Å². The number of hydrazone groups is 1. The first kappa shape index (κ1) is 90.3. The standard InChI is InChI=1S/2C33H35FN2O5.C23H30N4O4.Ca.H2O/c2*1-21(2)31-30(33(41)35-25-11-7-4-8-12-25)29(22-9-5-3-6-10-22)32(23-13-15-24(34)16-14-23)36(31)18-17-26(37)19-27(38)20-28(39)40;1-30-19-8-7-15(13-20(19)31-2)22-17-5-3-4-6-18(17)23(29)27(25-22)16-9-11-26(12-10-16)14-21(24)28;;/h2*3-16,21,26-27,37-38H,17-20H2,1-2H3,(H,35,41)(H,39,40);3-4,7-8,13,16-18H,5-6,9-12,14H2,1-2H3,(H2,24,28);;1H2/q;;;+2;/p-2/t2*26-,27-;17-,18+;;/m110../s1. The summed E-state index contributed by atoms with van der Waals surface area (Å²) >= 11 is 0. The maximum atomic E-state index is 14.0. The minimum atomic E-state index is -1.39. The molecule has 3 aliphatic rings. The molecule has 26 heteroatoms. The van der Waals surface area contributed by atoms with Gasteiger partial charge >= 0.3 is 37.7 Å². The van der Waals surface area contributed by atoms with Gasteiger partial charge in [0.25, 0.3) is 11.8 Å². The van der Waals surface area contributed by atoms with Gasteiger partial charge in [-0.25, -0.2) is 13.8 Å². The van der Waals surface area contributed by atoms with Crippen molar-refractivity contribution in [2.24, 2.45) is 22.7 Å². The average Bonchev–Trinajstić information content (AvgIpc) is 1.58. The summed E-state index contributed by atoms with van der Waals surface area (Å²) in [5.74, 6) is -3.36. The Bertz CT molecular complexity index is 4560. The number of fused-ring (bicyclic) bond motifs is 1. The van der Waals surface area contributed by atoms with Gasteiger partial charge in [0, 0.05) is 96.3 Å². The second-order valence-electron chi connectivity index (χ2n) is 29.2. The third-order valence-corrected chi connectivity index (χ3v) is 20.3. The minimum absolute atomic E-state index is 0. The van der Waals surface area contributed by atoms with E-state index in [9.17, 15) is 68.2 Å². The van der Waals surface area contributed by atoms with Crippen LogP contribution < -0.4 is 36.1 Å². The van der Waals surface area contributed by atoms with Crippen LogP contribution in [-0.2, 0) is 32.3 Å². The Morgan fingerprint density at radius 3 is 1.31 bits per heavy atom. The van der Waals surface area contributed by atoms with Crippen LogP contribution in [0.3, 0.4) is 0 Å². The van der Waals surface area contributed by atoms with E-state index in [1.165, 1.54) is 24.3 Å². The second-order valence-corrected chi connectivity index (χ2v) is 29.2. The number of carbonyl (C=O) groups excluding carboxylic acids is 6. The first-order valence-electron chi connectivity index (χ1n) is 38.1. The number of hydrogen-bond donors (Lipinski definition) is 7. The molecule has 4 amide bonds. The first-order chi connectivity index (χ1) is 54.3. The molecule has 0 unspecified atom stereocenters. The van der Waals surface area contributed by atoms with Gasteiger partial charge in [0.05, 0.1) is 85.4 Å². The van der Waals surface area contributed by atoms with Crippen LogP contribution in [0, 0.1) is 23.5 Å². The number of aromatic nitrogens is 2. The van der Waals surface area contributed by atoms with Crippen molar-refractivity contribution in [1.29, 1.82) is 0 Å². The Labute approximate surface area is 698 Å². The molecule has 4 heterocycles. The Morgan fingerprint density at radius 2 is 0.930 bits per heavy atom. The van der Waals surface area contributed by atoms with E-state index in [0.717, 1.165) is 72.6 Å². The number of ether oxygens (including phenoxy) is 2. The van der Waals surface area contributed by atoms with Crippen LogP contribution in [0.5, 0.6) is 11.5 Å². The number of carboxylic acid groups (broad SMARTS) is 2. The van der Waals surface area contributed by atoms with Crippen molar-refractivity contribution in [3.8, 4) is 56.3 Å². The zero-order chi connectivity index (χ0) is 81.0. The van der Waals surface area contributed by atoms with E-state index in [1.54, 1.807) is 67.8 Å². The molecule has 2 aliphatic heterocycles. The zero-order valence-corrected chi connectivity index (χ0v) is 67.7. The monoisotopic (exact) mass is 1600 g/mol. The van der Waals surface area contributed by atoms with Crippen molar-refractivity contribution in [3.05, 3.63) is 240 Å². The number of allylic oxidation sites excluding steroid dienone is 2. The Hall–Kier alpha value is -10.2. The van der Waals surface area contributed by atoms with Crippen molar-refractivity contribution >= 4 is 90.4 Å². The van der Waals surface area contributed by atoms with E-state index in [1.807, 2.05) is 157 Å². The van der Waals surface area contributed by atoms with Gasteiger partial charge in [-0.05, 0) is 176 Å². The maximum Gasteiger partial charge on any atom is 2.00 e. The van der Waals surface area contributed by atoms with Gasteiger partial charge < -0.3 is 80.7 Å². The van der Waals surface area contributed by atoms with Crippen molar-refractivity contribution in [2.75, 3.05) is 44.5 Å². The topological polar surface area (TPSA) is 358 Å². The minimum Gasteiger partial charge on any atom is -0.550 e. The largest absolute Gasteiger partial charge is 2.00 e. The van der Waals surface area contributed by atoms with Crippen molar-refractivity contribution in [2.45, 2.75) is 147 Å². The summed E-state index contributed by atoms with van der Waals surface area (Å²) in [5.41, 5.74) is 16.6. The predicted molar refractivity (Wildman–Crippen MR) is 436 cm³/mol. The van der Waals surface area contributed by atoms with E-state index in [2.05, 4.69) is 22.8 Å². The fourth-order valence-electron chi connectivity index (χ4n) is 15.3. The van der Waals surface area contributed by atoms with Gasteiger partial charge in [-0.15, -0.1) is 0 Å². The molecule has 1 fully saturated rings. The fourth-order valence-corrected chi connectivity index (χ4v) is 15.3. The number of piperidine rings is 1. The molecule has 1 aliphatic carbocycles. The number of anilines is 2. The number of para-hydroxylation sites is 2. The smallest absolute Gasteiger partial charge is 0.550 e. The van der Waals surface area contributed by atoms with E-state index in [-0.39, 0.29) is 142 Å². The zero-order valence-electron chi connectivity index (χ0n) is 65.5. The Balaban J connectivity index is 0.000000216. The number of halogens is 2. The first-order valence-corrected chi connectivity index (χ1v) is 38.1. The van der Waals surface area contributed by atoms with Gasteiger partial charge in [0.2, 0.25) is 11.8 Å². The van der Waals surface area contributed by atoms with Gasteiger partial charge in [0.15, 0.2) is 11.5 Å². The van der Waals surface area contributed by atoms with Gasteiger partial charge in [0.1, 0.15) is 11.6 Å². The Morgan fingerprint density at radius 1 is 0.539 bits per heavy atom. The number of nitrogens with one attached hydrogen (secondary N) is 2. The van der Waals surface area contributed by atoms with Crippen LogP contribution in [0.2, 0.25) is 0 Å². The number of methoxy groups -OCH3 is 2. The molecule has 10 N–H and O–H groups in total. The quantitative estimate of drug-likeness (QED) is 0.0162. The van der Waals surface area contributed by atoms with Crippen LogP contribution in [0.15, 0.2) is 205 Å². The summed E-state index contributed by atoms with van der Waals surface area (Å²) in [4.78, 5) is 76.5. The molecule has 12 rings (SSSR count). The number of rotatable bonds is 30. The number of aliphatic carboxylic acids is 2. The van der Waals surface area contributed by atoms with E-state index in [4.69, 9.17) is 20.3 Å². The second kappa shape index (κ2) is 43.0. The van der Waals surface area contributed by atoms with Crippen molar-refractivity contribution in [3.63, 3.8) is 0 Å². The number of amides is 4. The normalized spacial score (nSPS) is 15.7.